The molecule has 0 saturated heterocycles. The molecule has 0 aromatic carbocycles. The lowest BCUT2D eigenvalue weighted by molar-refractivity contribution is 1.52. The maximum absolute atomic E-state index is 3.75. The maximum atomic E-state index is 3.75. The first-order chi connectivity index (χ1) is 3.66. The zero-order valence-electron chi connectivity index (χ0n) is 5.69. The van der Waals surface area contributed by atoms with E-state index in [0.29, 0.717) is 0 Å². The Morgan fingerprint density at radius 2 is 2.00 bits per heavy atom. The van der Waals surface area contributed by atoms with Gasteiger partial charge in [-0.1, -0.05) is 18.2 Å². The van der Waals surface area contributed by atoms with Gasteiger partial charge in [-0.05, 0) is 25.0 Å². The van der Waals surface area contributed by atoms with Crippen molar-refractivity contribution in [2.75, 3.05) is 6.26 Å². The van der Waals surface area contributed by atoms with Crippen molar-refractivity contribution in [2.24, 2.45) is 0 Å². The topological polar surface area (TPSA) is 0 Å². The minimum Gasteiger partial charge on any atom is -0.134 e. The van der Waals surface area contributed by atoms with Gasteiger partial charge >= 0.3 is 0 Å². The van der Waals surface area contributed by atoms with E-state index in [1.54, 1.807) is 11.8 Å². The Bertz CT molecular complexity index is 112. The normalized spacial score (nSPS) is 11.6. The van der Waals surface area contributed by atoms with E-state index in [2.05, 4.69) is 25.8 Å². The minimum absolute atomic E-state index is 1.12. The molecule has 0 unspecified atom stereocenters. The Morgan fingerprint density at radius 1 is 1.50 bits per heavy atom. The predicted molar refractivity (Wildman–Crippen MR) is 42.1 cm³/mol. The van der Waals surface area contributed by atoms with Crippen molar-refractivity contribution >= 4 is 11.8 Å². The fourth-order valence-corrected chi connectivity index (χ4v) is 0.725. The van der Waals surface area contributed by atoms with Gasteiger partial charge in [0.05, 0.1) is 0 Å². The van der Waals surface area contributed by atoms with E-state index in [1.807, 2.05) is 6.92 Å². The van der Waals surface area contributed by atoms with Crippen molar-refractivity contribution in [1.29, 1.82) is 0 Å². The summed E-state index contributed by atoms with van der Waals surface area (Å²) in [6.45, 7) is 7.84. The molecule has 0 aliphatic heterocycles. The van der Waals surface area contributed by atoms with E-state index in [-0.39, 0.29) is 0 Å². The van der Waals surface area contributed by atoms with Crippen LogP contribution in [0.4, 0.5) is 0 Å². The third kappa shape index (κ3) is 4.00. The molecule has 0 aromatic heterocycles. The highest BCUT2D eigenvalue weighted by Crippen LogP contribution is 2.11. The molecule has 0 atom stereocenters. The van der Waals surface area contributed by atoms with Crippen LogP contribution in [0.1, 0.15) is 13.8 Å². The Kier molecular flexibility index (Phi) is 3.71. The fourth-order valence-electron chi connectivity index (χ4n) is 0.406. The SMILES string of the molecule is C=C(C)/C=C(/C)SC. The van der Waals surface area contributed by atoms with Crippen molar-refractivity contribution in [3.05, 3.63) is 23.1 Å². The summed E-state index contributed by atoms with van der Waals surface area (Å²) in [7, 11) is 0. The molecule has 1 heteroatoms. The zero-order chi connectivity index (χ0) is 6.57. The van der Waals surface area contributed by atoms with Gasteiger partial charge in [-0.15, -0.1) is 11.8 Å². The molecule has 8 heavy (non-hydrogen) atoms. The molecule has 0 amide bonds. The largest absolute Gasteiger partial charge is 0.134 e. The van der Waals surface area contributed by atoms with Crippen LogP contribution >= 0.6 is 11.8 Å². The molecule has 0 saturated carbocycles. The highest BCUT2D eigenvalue weighted by atomic mass is 32.2. The van der Waals surface area contributed by atoms with Crippen LogP contribution in [0.2, 0.25) is 0 Å². The van der Waals surface area contributed by atoms with Crippen molar-refractivity contribution in [3.63, 3.8) is 0 Å². The minimum atomic E-state index is 1.12. The highest BCUT2D eigenvalue weighted by Gasteiger charge is 1.81. The van der Waals surface area contributed by atoms with Crippen LogP contribution in [0.25, 0.3) is 0 Å². The summed E-state index contributed by atoms with van der Waals surface area (Å²) < 4.78 is 0. The average Bonchev–Trinajstić information content (AvgIpc) is 1.65. The number of hydrogen-bond donors (Lipinski definition) is 0. The summed E-state index contributed by atoms with van der Waals surface area (Å²) in [5, 5.41) is 0. The van der Waals surface area contributed by atoms with Crippen LogP contribution in [-0.2, 0) is 0 Å². The molecule has 0 nitrogen and oxygen atoms in total. The van der Waals surface area contributed by atoms with Crippen molar-refractivity contribution in [2.45, 2.75) is 13.8 Å². The van der Waals surface area contributed by atoms with Gasteiger partial charge in [0, 0.05) is 0 Å². The van der Waals surface area contributed by atoms with Crippen LogP contribution < -0.4 is 0 Å². The van der Waals surface area contributed by atoms with Crippen molar-refractivity contribution in [3.8, 4) is 0 Å². The second-order valence-electron chi connectivity index (χ2n) is 1.81. The molecule has 0 spiro atoms. The molecule has 0 radical (unpaired) electrons. The van der Waals surface area contributed by atoms with E-state index < -0.39 is 0 Å². The lowest BCUT2D eigenvalue weighted by Crippen LogP contribution is -1.65. The number of rotatable bonds is 2. The van der Waals surface area contributed by atoms with E-state index in [4.69, 9.17) is 0 Å². The van der Waals surface area contributed by atoms with Crippen LogP contribution in [0.3, 0.4) is 0 Å². The van der Waals surface area contributed by atoms with Gasteiger partial charge < -0.3 is 0 Å². The quantitative estimate of drug-likeness (QED) is 0.515. The second kappa shape index (κ2) is 3.79. The van der Waals surface area contributed by atoms with Gasteiger partial charge in [-0.3, -0.25) is 0 Å². The lowest BCUT2D eigenvalue weighted by Gasteiger charge is -1.91. The summed E-state index contributed by atoms with van der Waals surface area (Å²) in [5.41, 5.74) is 1.12. The molecule has 0 bridgehead atoms. The number of thioether (sulfide) groups is 1. The molecule has 0 heterocycles. The lowest BCUT2D eigenvalue weighted by atomic mass is 10.3. The van der Waals surface area contributed by atoms with Gasteiger partial charge in [0.1, 0.15) is 0 Å². The van der Waals surface area contributed by atoms with Crippen LogP contribution in [0.5, 0.6) is 0 Å². The molecule has 0 rings (SSSR count). The fraction of sp³-hybridized carbons (Fsp3) is 0.429. The van der Waals surface area contributed by atoms with Crippen LogP contribution in [-0.4, -0.2) is 6.26 Å². The van der Waals surface area contributed by atoms with E-state index in [9.17, 15) is 0 Å². The van der Waals surface area contributed by atoms with Gasteiger partial charge in [0.25, 0.3) is 0 Å². The molecule has 0 aliphatic rings. The van der Waals surface area contributed by atoms with E-state index in [0.717, 1.165) is 5.57 Å². The Balaban J connectivity index is 3.75. The molecule has 0 aromatic rings. The first kappa shape index (κ1) is 7.83. The standard InChI is InChI=1S/C7H12S/c1-6(2)5-7(3)8-4/h5H,1H2,2-4H3/b7-5-. The third-order valence-electron chi connectivity index (χ3n) is 0.772. The van der Waals surface area contributed by atoms with Gasteiger partial charge in [0.2, 0.25) is 0 Å². The Morgan fingerprint density at radius 3 is 2.12 bits per heavy atom. The predicted octanol–water partition coefficient (Wildman–Crippen LogP) is 2.83. The van der Waals surface area contributed by atoms with Crippen molar-refractivity contribution in [1.82, 2.24) is 0 Å². The third-order valence-corrected chi connectivity index (χ3v) is 1.53. The monoisotopic (exact) mass is 128 g/mol. The zero-order valence-corrected chi connectivity index (χ0v) is 6.51. The number of hydrogen-bond acceptors (Lipinski definition) is 1. The van der Waals surface area contributed by atoms with E-state index in [1.165, 1.54) is 4.91 Å². The Hall–Kier alpha value is -0.170. The molecule has 0 fully saturated rings. The smallest absolute Gasteiger partial charge is 0.0140 e. The highest BCUT2D eigenvalue weighted by molar-refractivity contribution is 8.02. The van der Waals surface area contributed by atoms with E-state index >= 15 is 0 Å². The Labute approximate surface area is 55.7 Å². The molecule has 46 valence electrons. The van der Waals surface area contributed by atoms with Crippen molar-refractivity contribution < 1.29 is 0 Å². The van der Waals surface area contributed by atoms with Crippen LogP contribution in [0.15, 0.2) is 23.1 Å². The molecule has 0 N–H and O–H groups in total. The summed E-state index contributed by atoms with van der Waals surface area (Å²) in [4.78, 5) is 1.32. The first-order valence-corrected chi connectivity index (χ1v) is 3.77. The molecule has 0 aliphatic carbocycles. The van der Waals surface area contributed by atoms with Gasteiger partial charge in [0.15, 0.2) is 0 Å². The molecular weight excluding hydrogens is 116 g/mol. The van der Waals surface area contributed by atoms with Crippen LogP contribution in [0, 0.1) is 0 Å². The first-order valence-electron chi connectivity index (χ1n) is 2.54. The maximum Gasteiger partial charge on any atom is -0.0140 e. The number of allylic oxidation sites excluding steroid dienone is 3. The van der Waals surface area contributed by atoms with Gasteiger partial charge in [-0.25, -0.2) is 0 Å². The average molecular weight is 128 g/mol. The summed E-state index contributed by atoms with van der Waals surface area (Å²) in [6.07, 6.45) is 4.14. The molecular formula is C7H12S. The summed E-state index contributed by atoms with van der Waals surface area (Å²) in [5.74, 6) is 0. The second-order valence-corrected chi connectivity index (χ2v) is 2.86. The van der Waals surface area contributed by atoms with Gasteiger partial charge in [-0.2, -0.15) is 0 Å². The summed E-state index contributed by atoms with van der Waals surface area (Å²) in [6, 6.07) is 0. The summed E-state index contributed by atoms with van der Waals surface area (Å²) >= 11 is 1.75.